The molecule has 190 valence electrons. The van der Waals surface area contributed by atoms with E-state index in [1.807, 2.05) is 0 Å². The molecule has 1 unspecified atom stereocenters. The Bertz CT molecular complexity index is 669. The van der Waals surface area contributed by atoms with Gasteiger partial charge in [-0.15, -0.1) is 0 Å². The Morgan fingerprint density at radius 1 is 0.625 bits per heavy atom. The minimum Gasteiger partial charge on any atom is -0.465 e. The van der Waals surface area contributed by atoms with Gasteiger partial charge in [0.2, 0.25) is 0 Å². The van der Waals surface area contributed by atoms with Crippen LogP contribution in [0.2, 0.25) is 0 Å². The van der Waals surface area contributed by atoms with Gasteiger partial charge in [-0.3, -0.25) is 9.59 Å². The summed E-state index contributed by atoms with van der Waals surface area (Å²) in [5.74, 6) is -49.3. The summed E-state index contributed by atoms with van der Waals surface area (Å²) in [6.07, 6.45) is -7.55. The summed E-state index contributed by atoms with van der Waals surface area (Å²) in [6, 6.07) is 0. The summed E-state index contributed by atoms with van der Waals surface area (Å²) in [6.45, 7) is 0.449. The molecule has 17 heteroatoms. The number of hydrogen-bond acceptors (Lipinski definition) is 4. The third kappa shape index (κ3) is 4.56. The molecule has 0 fully saturated rings. The molecule has 0 bridgehead atoms. The molecule has 0 aliphatic heterocycles. The van der Waals surface area contributed by atoms with Crippen molar-refractivity contribution in [1.29, 1.82) is 0 Å². The number of hydrogen-bond donors (Lipinski definition) is 0. The third-order valence-electron chi connectivity index (χ3n) is 4.11. The molecule has 0 spiro atoms. The van der Waals surface area contributed by atoms with E-state index in [4.69, 9.17) is 0 Å². The van der Waals surface area contributed by atoms with Gasteiger partial charge in [0.15, 0.2) is 5.92 Å². The molecule has 0 heterocycles. The largest absolute Gasteiger partial charge is 0.465 e. The predicted molar refractivity (Wildman–Crippen MR) is 76.7 cm³/mol. The van der Waals surface area contributed by atoms with Crippen molar-refractivity contribution >= 4 is 11.9 Å². The number of rotatable bonds is 10. The van der Waals surface area contributed by atoms with Gasteiger partial charge in [-0.25, -0.2) is 0 Å². The molecule has 1 atom stereocenters. The second kappa shape index (κ2) is 9.11. The standard InChI is InChI=1S/C15H15F13O4/c1-4-31-8(29)7(9(30)32-5-2)6(3)10(16,17)11(18,19)12(20,21)13(22,23)14(24,25)15(26,27)28/h6-7H,4-5H2,1-3H3. The highest BCUT2D eigenvalue weighted by Crippen LogP contribution is 2.61. The summed E-state index contributed by atoms with van der Waals surface area (Å²) in [7, 11) is 0. The minimum absolute atomic E-state index is 0.220. The van der Waals surface area contributed by atoms with E-state index in [0.29, 0.717) is 0 Å². The normalized spacial score (nSPS) is 15.5. The van der Waals surface area contributed by atoms with Crippen molar-refractivity contribution in [2.45, 2.75) is 56.6 Å². The summed E-state index contributed by atoms with van der Waals surface area (Å²) in [4.78, 5) is 23.4. The molecule has 0 aromatic heterocycles. The molecule has 0 aromatic carbocycles. The summed E-state index contributed by atoms with van der Waals surface area (Å²) < 4.78 is 180. The third-order valence-corrected chi connectivity index (χ3v) is 4.11. The fourth-order valence-corrected chi connectivity index (χ4v) is 2.25. The SMILES string of the molecule is CCOC(=O)C(C(=O)OCC)C(C)C(F)(F)C(F)(F)C(F)(F)C(F)(F)C(F)(F)C(F)(F)F. The predicted octanol–water partition coefficient (Wildman–Crippen LogP) is 5.10. The van der Waals surface area contributed by atoms with Crippen LogP contribution in [-0.4, -0.2) is 60.9 Å². The first kappa shape index (κ1) is 30.0. The number of ether oxygens (including phenoxy) is 2. The maximum atomic E-state index is 14.3. The Labute approximate surface area is 171 Å². The first-order valence-electron chi connectivity index (χ1n) is 8.29. The van der Waals surface area contributed by atoms with Crippen LogP contribution >= 0.6 is 0 Å². The van der Waals surface area contributed by atoms with Crippen molar-refractivity contribution in [3.63, 3.8) is 0 Å². The summed E-state index contributed by atoms with van der Waals surface area (Å²) in [5, 5.41) is 0. The molecule has 0 aliphatic carbocycles. The molecule has 0 amide bonds. The van der Waals surface area contributed by atoms with Gasteiger partial charge in [0, 0.05) is 0 Å². The highest BCUT2D eigenvalue weighted by Gasteiger charge is 2.91. The minimum atomic E-state index is -8.09. The molecule has 0 saturated carbocycles. The molecule has 0 rings (SSSR count). The Hall–Kier alpha value is -1.97. The Morgan fingerprint density at radius 2 is 0.938 bits per heavy atom. The van der Waals surface area contributed by atoms with Crippen LogP contribution in [0.1, 0.15) is 20.8 Å². The lowest BCUT2D eigenvalue weighted by Gasteiger charge is -2.41. The fourth-order valence-electron chi connectivity index (χ4n) is 2.25. The smallest absolute Gasteiger partial charge is 0.460 e. The van der Waals surface area contributed by atoms with E-state index in [1.165, 1.54) is 0 Å². The average molecular weight is 506 g/mol. The molecule has 32 heavy (non-hydrogen) atoms. The number of esters is 2. The molecule has 0 N–H and O–H groups in total. The summed E-state index contributed by atoms with van der Waals surface area (Å²) in [5.41, 5.74) is 0. The van der Waals surface area contributed by atoms with Crippen LogP contribution in [0, 0.1) is 11.8 Å². The number of carbonyl (C=O) groups excluding carboxylic acids is 2. The second-order valence-electron chi connectivity index (χ2n) is 6.19. The monoisotopic (exact) mass is 506 g/mol. The van der Waals surface area contributed by atoms with Gasteiger partial charge < -0.3 is 9.47 Å². The van der Waals surface area contributed by atoms with E-state index in [2.05, 4.69) is 9.47 Å². The van der Waals surface area contributed by atoms with Crippen molar-refractivity contribution in [1.82, 2.24) is 0 Å². The van der Waals surface area contributed by atoms with E-state index < -0.39 is 72.8 Å². The topological polar surface area (TPSA) is 52.6 Å². The lowest BCUT2D eigenvalue weighted by molar-refractivity contribution is -0.443. The maximum absolute atomic E-state index is 14.3. The fraction of sp³-hybridized carbons (Fsp3) is 0.867. The number of halogens is 13. The van der Waals surface area contributed by atoms with Gasteiger partial charge >= 0.3 is 47.7 Å². The molecule has 0 radical (unpaired) electrons. The van der Waals surface area contributed by atoms with E-state index in [1.54, 1.807) is 0 Å². The van der Waals surface area contributed by atoms with E-state index in [0.717, 1.165) is 13.8 Å². The van der Waals surface area contributed by atoms with Crippen LogP contribution in [0.4, 0.5) is 57.1 Å². The van der Waals surface area contributed by atoms with Crippen molar-refractivity contribution in [2.75, 3.05) is 13.2 Å². The van der Waals surface area contributed by atoms with Crippen LogP contribution in [0.25, 0.3) is 0 Å². The van der Waals surface area contributed by atoms with Crippen LogP contribution in [0.15, 0.2) is 0 Å². The molecule has 0 saturated heterocycles. The van der Waals surface area contributed by atoms with Crippen LogP contribution in [-0.2, 0) is 19.1 Å². The zero-order valence-corrected chi connectivity index (χ0v) is 16.1. The zero-order valence-electron chi connectivity index (χ0n) is 16.1. The van der Waals surface area contributed by atoms with Gasteiger partial charge in [0.1, 0.15) is 0 Å². The first-order valence-corrected chi connectivity index (χ1v) is 8.29. The Kier molecular flexibility index (Phi) is 8.55. The molecule has 0 aliphatic rings. The van der Waals surface area contributed by atoms with Gasteiger partial charge in [-0.1, -0.05) is 6.92 Å². The van der Waals surface area contributed by atoms with E-state index in [-0.39, 0.29) is 6.92 Å². The first-order chi connectivity index (χ1) is 14.0. The van der Waals surface area contributed by atoms with Crippen molar-refractivity contribution in [2.24, 2.45) is 11.8 Å². The van der Waals surface area contributed by atoms with Crippen LogP contribution in [0.3, 0.4) is 0 Å². The highest BCUT2D eigenvalue weighted by molar-refractivity contribution is 5.95. The zero-order chi connectivity index (χ0) is 26.1. The van der Waals surface area contributed by atoms with Crippen LogP contribution in [0.5, 0.6) is 0 Å². The number of carbonyl (C=O) groups is 2. The van der Waals surface area contributed by atoms with Crippen molar-refractivity contribution in [3.8, 4) is 0 Å². The van der Waals surface area contributed by atoms with Gasteiger partial charge in [0.05, 0.1) is 19.1 Å². The lowest BCUT2D eigenvalue weighted by Crippen LogP contribution is -2.71. The lowest BCUT2D eigenvalue weighted by atomic mass is 9.81. The van der Waals surface area contributed by atoms with Crippen molar-refractivity contribution < 1.29 is 76.1 Å². The number of alkyl halides is 13. The Morgan fingerprint density at radius 3 is 1.22 bits per heavy atom. The summed E-state index contributed by atoms with van der Waals surface area (Å²) >= 11 is 0. The van der Waals surface area contributed by atoms with Crippen molar-refractivity contribution in [3.05, 3.63) is 0 Å². The molecule has 4 nitrogen and oxygen atoms in total. The van der Waals surface area contributed by atoms with E-state index >= 15 is 0 Å². The van der Waals surface area contributed by atoms with Gasteiger partial charge in [0.25, 0.3) is 0 Å². The average Bonchev–Trinajstić information content (AvgIpc) is 2.60. The quantitative estimate of drug-likeness (QED) is 0.235. The highest BCUT2D eigenvalue weighted by atomic mass is 19.4. The molecular weight excluding hydrogens is 491 g/mol. The van der Waals surface area contributed by atoms with Gasteiger partial charge in [-0.2, -0.15) is 57.1 Å². The van der Waals surface area contributed by atoms with Crippen LogP contribution < -0.4 is 0 Å². The maximum Gasteiger partial charge on any atom is 0.460 e. The molecular formula is C15H15F13O4. The Balaban J connectivity index is 6.62. The molecule has 0 aromatic rings. The second-order valence-corrected chi connectivity index (χ2v) is 6.19. The van der Waals surface area contributed by atoms with E-state index in [9.17, 15) is 66.7 Å². The van der Waals surface area contributed by atoms with Gasteiger partial charge in [-0.05, 0) is 13.8 Å².